The number of hydrogen-bond acceptors (Lipinski definition) is 5. The van der Waals surface area contributed by atoms with Crippen molar-refractivity contribution in [2.24, 2.45) is 0 Å². The number of nitrogens with zero attached hydrogens (tertiary/aromatic N) is 2. The second-order valence-corrected chi connectivity index (χ2v) is 3.84. The summed E-state index contributed by atoms with van der Waals surface area (Å²) < 4.78 is 18.6. The standard InChI is InChI=1S/C13H13FN4O2/c1-15-12-7-16-6-11(17-12)13(19)18-10-5-8(20-2)3-4-9(10)14/h3-7H,1-2H3,(H,15,17)(H,18,19). The van der Waals surface area contributed by atoms with Gasteiger partial charge in [0.25, 0.3) is 5.91 Å². The lowest BCUT2D eigenvalue weighted by atomic mass is 10.2. The molecule has 2 N–H and O–H groups in total. The summed E-state index contributed by atoms with van der Waals surface area (Å²) in [5.74, 6) is -0.223. The molecule has 0 atom stereocenters. The normalized spacial score (nSPS) is 9.95. The molecular weight excluding hydrogens is 263 g/mol. The Balaban J connectivity index is 2.22. The summed E-state index contributed by atoms with van der Waals surface area (Å²) in [6, 6.07) is 4.07. The Labute approximate surface area is 115 Å². The predicted octanol–water partition coefficient (Wildman–Crippen LogP) is 1.92. The lowest BCUT2D eigenvalue weighted by molar-refractivity contribution is 0.102. The van der Waals surface area contributed by atoms with Crippen molar-refractivity contribution in [3.8, 4) is 5.75 Å². The van der Waals surface area contributed by atoms with E-state index in [0.717, 1.165) is 0 Å². The number of aromatic nitrogens is 2. The van der Waals surface area contributed by atoms with Crippen LogP contribution in [0.1, 0.15) is 10.5 Å². The summed E-state index contributed by atoms with van der Waals surface area (Å²) in [4.78, 5) is 19.9. The number of anilines is 2. The average Bonchev–Trinajstić information content (AvgIpc) is 2.49. The second-order valence-electron chi connectivity index (χ2n) is 3.84. The molecular formula is C13H13FN4O2. The van der Waals surface area contributed by atoms with Crippen molar-refractivity contribution in [3.05, 3.63) is 42.1 Å². The van der Waals surface area contributed by atoms with E-state index in [2.05, 4.69) is 20.6 Å². The third-order valence-corrected chi connectivity index (χ3v) is 2.55. The molecule has 0 aliphatic heterocycles. The van der Waals surface area contributed by atoms with Crippen molar-refractivity contribution in [2.45, 2.75) is 0 Å². The molecule has 0 aliphatic carbocycles. The summed E-state index contributed by atoms with van der Waals surface area (Å²) in [7, 11) is 3.12. The Kier molecular flexibility index (Phi) is 4.09. The molecule has 0 aliphatic rings. The van der Waals surface area contributed by atoms with Crippen molar-refractivity contribution < 1.29 is 13.9 Å². The van der Waals surface area contributed by atoms with Crippen LogP contribution in [-0.4, -0.2) is 30.0 Å². The van der Waals surface area contributed by atoms with Crippen molar-refractivity contribution in [3.63, 3.8) is 0 Å². The summed E-state index contributed by atoms with van der Waals surface area (Å²) >= 11 is 0. The van der Waals surface area contributed by atoms with Gasteiger partial charge in [-0.1, -0.05) is 0 Å². The van der Waals surface area contributed by atoms with Crippen LogP contribution < -0.4 is 15.4 Å². The minimum absolute atomic E-state index is 0.0195. The van der Waals surface area contributed by atoms with Gasteiger partial charge in [-0.15, -0.1) is 0 Å². The molecule has 0 bridgehead atoms. The fourth-order valence-electron chi connectivity index (χ4n) is 1.51. The molecule has 0 radical (unpaired) electrons. The number of methoxy groups -OCH3 is 1. The molecule has 0 saturated heterocycles. The van der Waals surface area contributed by atoms with Gasteiger partial charge in [0.15, 0.2) is 0 Å². The van der Waals surface area contributed by atoms with Gasteiger partial charge in [0.05, 0.1) is 25.2 Å². The highest BCUT2D eigenvalue weighted by atomic mass is 19.1. The van der Waals surface area contributed by atoms with Gasteiger partial charge >= 0.3 is 0 Å². The second kappa shape index (κ2) is 5.96. The van der Waals surface area contributed by atoms with E-state index in [-0.39, 0.29) is 11.4 Å². The number of amides is 1. The van der Waals surface area contributed by atoms with Gasteiger partial charge in [-0.05, 0) is 12.1 Å². The molecule has 104 valence electrons. The zero-order chi connectivity index (χ0) is 14.5. The first-order valence-electron chi connectivity index (χ1n) is 5.78. The number of carbonyl (C=O) groups excluding carboxylic acids is 1. The zero-order valence-electron chi connectivity index (χ0n) is 11.0. The van der Waals surface area contributed by atoms with Crippen LogP contribution >= 0.6 is 0 Å². The van der Waals surface area contributed by atoms with Gasteiger partial charge in [0.1, 0.15) is 23.1 Å². The van der Waals surface area contributed by atoms with Crippen LogP contribution in [0.4, 0.5) is 15.9 Å². The monoisotopic (exact) mass is 276 g/mol. The van der Waals surface area contributed by atoms with Crippen molar-refractivity contribution >= 4 is 17.4 Å². The van der Waals surface area contributed by atoms with E-state index in [1.807, 2.05) is 0 Å². The molecule has 1 aromatic heterocycles. The SMILES string of the molecule is CNc1cncc(C(=O)Nc2cc(OC)ccc2F)n1. The number of benzene rings is 1. The van der Waals surface area contributed by atoms with Crippen molar-refractivity contribution in [2.75, 3.05) is 24.8 Å². The van der Waals surface area contributed by atoms with E-state index in [4.69, 9.17) is 4.74 Å². The Morgan fingerprint density at radius 2 is 2.15 bits per heavy atom. The smallest absolute Gasteiger partial charge is 0.276 e. The highest BCUT2D eigenvalue weighted by Gasteiger charge is 2.12. The minimum Gasteiger partial charge on any atom is -0.497 e. The molecule has 7 heteroatoms. The van der Waals surface area contributed by atoms with Gasteiger partial charge < -0.3 is 15.4 Å². The van der Waals surface area contributed by atoms with Gasteiger partial charge in [-0.2, -0.15) is 0 Å². The summed E-state index contributed by atoms with van der Waals surface area (Å²) in [5, 5.41) is 5.20. The van der Waals surface area contributed by atoms with Crippen LogP contribution in [0.2, 0.25) is 0 Å². The van der Waals surface area contributed by atoms with Gasteiger partial charge in [0, 0.05) is 13.1 Å². The van der Waals surface area contributed by atoms with Crippen LogP contribution in [0.25, 0.3) is 0 Å². The van der Waals surface area contributed by atoms with Crippen LogP contribution in [0.15, 0.2) is 30.6 Å². The third-order valence-electron chi connectivity index (χ3n) is 2.55. The molecule has 1 heterocycles. The molecule has 20 heavy (non-hydrogen) atoms. The highest BCUT2D eigenvalue weighted by molar-refractivity contribution is 6.03. The first-order valence-corrected chi connectivity index (χ1v) is 5.78. The largest absolute Gasteiger partial charge is 0.497 e. The first kappa shape index (κ1) is 13.7. The Hall–Kier alpha value is -2.70. The van der Waals surface area contributed by atoms with Crippen LogP contribution in [0.3, 0.4) is 0 Å². The number of nitrogens with one attached hydrogen (secondary N) is 2. The predicted molar refractivity (Wildman–Crippen MR) is 72.5 cm³/mol. The average molecular weight is 276 g/mol. The van der Waals surface area contributed by atoms with Crippen LogP contribution in [0.5, 0.6) is 5.75 Å². The van der Waals surface area contributed by atoms with Crippen molar-refractivity contribution in [1.82, 2.24) is 9.97 Å². The van der Waals surface area contributed by atoms with E-state index in [1.165, 1.54) is 37.7 Å². The number of halogens is 1. The molecule has 2 rings (SSSR count). The van der Waals surface area contributed by atoms with Crippen LogP contribution in [0, 0.1) is 5.82 Å². The van der Waals surface area contributed by atoms with E-state index >= 15 is 0 Å². The first-order chi connectivity index (χ1) is 9.63. The minimum atomic E-state index is -0.558. The summed E-state index contributed by atoms with van der Waals surface area (Å²) in [6.07, 6.45) is 2.77. The van der Waals surface area contributed by atoms with E-state index < -0.39 is 11.7 Å². The Bertz CT molecular complexity index is 634. The van der Waals surface area contributed by atoms with Gasteiger partial charge in [0.2, 0.25) is 0 Å². The summed E-state index contributed by atoms with van der Waals surface area (Å²) in [5.41, 5.74) is 0.102. The maximum absolute atomic E-state index is 13.6. The van der Waals surface area contributed by atoms with Crippen molar-refractivity contribution in [1.29, 1.82) is 0 Å². The topological polar surface area (TPSA) is 76.1 Å². The fourth-order valence-corrected chi connectivity index (χ4v) is 1.51. The number of hydrogen-bond donors (Lipinski definition) is 2. The highest BCUT2D eigenvalue weighted by Crippen LogP contribution is 2.21. The van der Waals surface area contributed by atoms with Gasteiger partial charge in [-0.25, -0.2) is 9.37 Å². The summed E-state index contributed by atoms with van der Waals surface area (Å²) in [6.45, 7) is 0. The molecule has 1 aromatic carbocycles. The molecule has 6 nitrogen and oxygen atoms in total. The fraction of sp³-hybridized carbons (Fsp3) is 0.154. The van der Waals surface area contributed by atoms with E-state index in [0.29, 0.717) is 11.6 Å². The molecule has 1 amide bonds. The zero-order valence-corrected chi connectivity index (χ0v) is 11.0. The lowest BCUT2D eigenvalue weighted by Crippen LogP contribution is -2.15. The molecule has 0 spiro atoms. The number of carbonyl (C=O) groups is 1. The molecule has 0 saturated carbocycles. The molecule has 0 fully saturated rings. The number of rotatable bonds is 4. The van der Waals surface area contributed by atoms with E-state index in [1.54, 1.807) is 7.05 Å². The molecule has 2 aromatic rings. The maximum atomic E-state index is 13.6. The quantitative estimate of drug-likeness (QED) is 0.892. The van der Waals surface area contributed by atoms with Crippen LogP contribution in [-0.2, 0) is 0 Å². The Morgan fingerprint density at radius 1 is 1.35 bits per heavy atom. The molecule has 0 unspecified atom stereocenters. The maximum Gasteiger partial charge on any atom is 0.276 e. The van der Waals surface area contributed by atoms with E-state index in [9.17, 15) is 9.18 Å². The van der Waals surface area contributed by atoms with Gasteiger partial charge in [-0.3, -0.25) is 9.78 Å². The lowest BCUT2D eigenvalue weighted by Gasteiger charge is -2.08. The third kappa shape index (κ3) is 3.00. The number of ether oxygens (including phenoxy) is 1. The Morgan fingerprint density at radius 3 is 2.85 bits per heavy atom.